The normalized spacial score (nSPS) is 23.3. The maximum atomic E-state index is 11.8. The predicted molar refractivity (Wildman–Crippen MR) is 58.2 cm³/mol. The van der Waals surface area contributed by atoms with E-state index in [0.29, 0.717) is 18.4 Å². The van der Waals surface area contributed by atoms with Crippen LogP contribution in [0, 0.1) is 0 Å². The summed E-state index contributed by atoms with van der Waals surface area (Å²) in [6.07, 6.45) is 5.54. The number of carbonyl (C=O) groups excluding carboxylic acids is 1. The van der Waals surface area contributed by atoms with Crippen LogP contribution >= 0.6 is 0 Å². The van der Waals surface area contributed by atoms with E-state index in [0.717, 1.165) is 13.1 Å². The summed E-state index contributed by atoms with van der Waals surface area (Å²) in [5, 5.41) is 3.02. The van der Waals surface area contributed by atoms with Gasteiger partial charge in [-0.05, 0) is 26.8 Å². The molecule has 0 aromatic heterocycles. The Morgan fingerprint density at radius 3 is 2.93 bits per heavy atom. The highest BCUT2D eigenvalue weighted by Gasteiger charge is 2.20. The highest BCUT2D eigenvalue weighted by Crippen LogP contribution is 2.16. The third-order valence-electron chi connectivity index (χ3n) is 2.96. The minimum absolute atomic E-state index is 0.314. The molecule has 1 N–H and O–H groups in total. The molecule has 14 heavy (non-hydrogen) atoms. The SMILES string of the molecule is CNCCC(=O)N1CCCCCC1C. The van der Waals surface area contributed by atoms with Crippen molar-refractivity contribution in [2.75, 3.05) is 20.1 Å². The summed E-state index contributed by atoms with van der Waals surface area (Å²) >= 11 is 0. The smallest absolute Gasteiger partial charge is 0.224 e. The molecule has 1 aliphatic rings. The summed E-state index contributed by atoms with van der Waals surface area (Å²) in [6, 6.07) is 0.446. The van der Waals surface area contributed by atoms with Crippen LogP contribution in [0.15, 0.2) is 0 Å². The van der Waals surface area contributed by atoms with Crippen molar-refractivity contribution in [1.82, 2.24) is 10.2 Å². The van der Waals surface area contributed by atoms with Crippen molar-refractivity contribution in [1.29, 1.82) is 0 Å². The number of rotatable bonds is 3. The Balaban J connectivity index is 2.41. The minimum atomic E-state index is 0.314. The Hall–Kier alpha value is -0.570. The van der Waals surface area contributed by atoms with Gasteiger partial charge in [-0.1, -0.05) is 12.8 Å². The van der Waals surface area contributed by atoms with Gasteiger partial charge in [-0.25, -0.2) is 0 Å². The molecule has 1 saturated heterocycles. The highest BCUT2D eigenvalue weighted by molar-refractivity contribution is 5.76. The second kappa shape index (κ2) is 6.02. The first-order valence-electron chi connectivity index (χ1n) is 5.69. The van der Waals surface area contributed by atoms with Gasteiger partial charge in [0, 0.05) is 25.6 Å². The molecular formula is C11H22N2O. The van der Waals surface area contributed by atoms with Crippen molar-refractivity contribution in [3.8, 4) is 0 Å². The van der Waals surface area contributed by atoms with Crippen LogP contribution in [-0.4, -0.2) is 37.0 Å². The van der Waals surface area contributed by atoms with E-state index in [4.69, 9.17) is 0 Å². The average Bonchev–Trinajstić information content (AvgIpc) is 2.39. The number of nitrogens with zero attached hydrogens (tertiary/aromatic N) is 1. The predicted octanol–water partition coefficient (Wildman–Crippen LogP) is 1.39. The summed E-state index contributed by atoms with van der Waals surface area (Å²) in [5.74, 6) is 0.314. The first kappa shape index (κ1) is 11.5. The van der Waals surface area contributed by atoms with Gasteiger partial charge in [0.25, 0.3) is 0 Å². The van der Waals surface area contributed by atoms with E-state index in [-0.39, 0.29) is 0 Å². The van der Waals surface area contributed by atoms with Crippen LogP contribution < -0.4 is 5.32 Å². The van der Waals surface area contributed by atoms with Crippen LogP contribution in [0.25, 0.3) is 0 Å². The number of amides is 1. The second-order valence-corrected chi connectivity index (χ2v) is 4.14. The summed E-state index contributed by atoms with van der Waals surface area (Å²) in [6.45, 7) is 3.92. The lowest BCUT2D eigenvalue weighted by Gasteiger charge is -2.27. The highest BCUT2D eigenvalue weighted by atomic mass is 16.2. The average molecular weight is 198 g/mol. The van der Waals surface area contributed by atoms with E-state index < -0.39 is 0 Å². The molecule has 1 amide bonds. The molecule has 0 bridgehead atoms. The molecule has 3 heteroatoms. The van der Waals surface area contributed by atoms with Crippen molar-refractivity contribution >= 4 is 5.91 Å². The van der Waals surface area contributed by atoms with Gasteiger partial charge < -0.3 is 10.2 Å². The Kier molecular flexibility index (Phi) is 4.94. The Labute approximate surface area is 86.9 Å². The lowest BCUT2D eigenvalue weighted by molar-refractivity contribution is -0.133. The molecule has 1 rings (SSSR count). The van der Waals surface area contributed by atoms with Crippen LogP contribution in [0.1, 0.15) is 39.0 Å². The summed E-state index contributed by atoms with van der Waals surface area (Å²) in [7, 11) is 1.89. The fraction of sp³-hybridized carbons (Fsp3) is 0.909. The van der Waals surface area contributed by atoms with Gasteiger partial charge in [0.1, 0.15) is 0 Å². The molecule has 0 aliphatic carbocycles. The van der Waals surface area contributed by atoms with E-state index in [1.807, 2.05) is 7.05 Å². The van der Waals surface area contributed by atoms with E-state index in [1.54, 1.807) is 0 Å². The summed E-state index contributed by atoms with van der Waals surface area (Å²) in [5.41, 5.74) is 0. The van der Waals surface area contributed by atoms with Gasteiger partial charge >= 0.3 is 0 Å². The Morgan fingerprint density at radius 1 is 1.43 bits per heavy atom. The molecule has 1 fully saturated rings. The Morgan fingerprint density at radius 2 is 2.21 bits per heavy atom. The maximum Gasteiger partial charge on any atom is 0.224 e. The fourth-order valence-corrected chi connectivity index (χ4v) is 2.02. The Bertz CT molecular complexity index is 182. The largest absolute Gasteiger partial charge is 0.340 e. The van der Waals surface area contributed by atoms with Crippen molar-refractivity contribution in [3.05, 3.63) is 0 Å². The summed E-state index contributed by atoms with van der Waals surface area (Å²) < 4.78 is 0. The van der Waals surface area contributed by atoms with Crippen LogP contribution in [0.2, 0.25) is 0 Å². The molecule has 0 aromatic rings. The third-order valence-corrected chi connectivity index (χ3v) is 2.96. The number of hydrogen-bond donors (Lipinski definition) is 1. The van der Waals surface area contributed by atoms with E-state index in [9.17, 15) is 4.79 Å². The molecule has 0 aromatic carbocycles. The first-order valence-corrected chi connectivity index (χ1v) is 5.69. The van der Waals surface area contributed by atoms with Gasteiger partial charge in [-0.15, -0.1) is 0 Å². The van der Waals surface area contributed by atoms with Gasteiger partial charge in [0.05, 0.1) is 0 Å². The van der Waals surface area contributed by atoms with Crippen LogP contribution in [0.5, 0.6) is 0 Å². The molecule has 1 unspecified atom stereocenters. The first-order chi connectivity index (χ1) is 6.75. The quantitative estimate of drug-likeness (QED) is 0.743. The zero-order valence-corrected chi connectivity index (χ0v) is 9.38. The molecule has 1 atom stereocenters. The molecule has 1 aliphatic heterocycles. The van der Waals surface area contributed by atoms with Gasteiger partial charge in [-0.3, -0.25) is 4.79 Å². The lowest BCUT2D eigenvalue weighted by Crippen LogP contribution is -2.39. The number of nitrogens with one attached hydrogen (secondary N) is 1. The standard InChI is InChI=1S/C11H22N2O/c1-10-6-4-3-5-9-13(10)11(14)7-8-12-2/h10,12H,3-9H2,1-2H3. The molecule has 1 heterocycles. The zero-order chi connectivity index (χ0) is 10.4. The molecule has 3 nitrogen and oxygen atoms in total. The molecule has 0 spiro atoms. The van der Waals surface area contributed by atoms with E-state index in [1.165, 1.54) is 25.7 Å². The van der Waals surface area contributed by atoms with Crippen molar-refractivity contribution in [2.45, 2.75) is 45.1 Å². The molecule has 0 radical (unpaired) electrons. The fourth-order valence-electron chi connectivity index (χ4n) is 2.02. The van der Waals surface area contributed by atoms with Gasteiger partial charge in [0.2, 0.25) is 5.91 Å². The third kappa shape index (κ3) is 3.29. The zero-order valence-electron chi connectivity index (χ0n) is 9.38. The molecular weight excluding hydrogens is 176 g/mol. The molecule has 82 valence electrons. The maximum absolute atomic E-state index is 11.8. The van der Waals surface area contributed by atoms with Crippen LogP contribution in [-0.2, 0) is 4.79 Å². The van der Waals surface area contributed by atoms with E-state index >= 15 is 0 Å². The van der Waals surface area contributed by atoms with Gasteiger partial charge in [0.15, 0.2) is 0 Å². The topological polar surface area (TPSA) is 32.3 Å². The number of carbonyl (C=O) groups is 1. The van der Waals surface area contributed by atoms with Crippen molar-refractivity contribution in [2.24, 2.45) is 0 Å². The lowest BCUT2D eigenvalue weighted by atomic mass is 10.1. The van der Waals surface area contributed by atoms with Crippen molar-refractivity contribution in [3.63, 3.8) is 0 Å². The molecule has 0 saturated carbocycles. The number of hydrogen-bond acceptors (Lipinski definition) is 2. The minimum Gasteiger partial charge on any atom is -0.340 e. The number of likely N-dealkylation sites (tertiary alicyclic amines) is 1. The van der Waals surface area contributed by atoms with Crippen LogP contribution in [0.3, 0.4) is 0 Å². The monoisotopic (exact) mass is 198 g/mol. The van der Waals surface area contributed by atoms with Gasteiger partial charge in [-0.2, -0.15) is 0 Å². The van der Waals surface area contributed by atoms with Crippen molar-refractivity contribution < 1.29 is 4.79 Å². The van der Waals surface area contributed by atoms with Crippen LogP contribution in [0.4, 0.5) is 0 Å². The summed E-state index contributed by atoms with van der Waals surface area (Å²) in [4.78, 5) is 13.9. The van der Waals surface area contributed by atoms with E-state index in [2.05, 4.69) is 17.1 Å². The second-order valence-electron chi connectivity index (χ2n) is 4.14.